The highest BCUT2D eigenvalue weighted by Gasteiger charge is 2.62. The Kier molecular flexibility index (Phi) is 2.89. The normalized spacial score (nSPS) is 34.9. The Hall–Kier alpha value is -2.08. The molecule has 0 radical (unpaired) electrons. The third-order valence-electron chi connectivity index (χ3n) is 5.65. The number of benzene rings is 2. The second kappa shape index (κ2) is 4.75. The average Bonchev–Trinajstić information content (AvgIpc) is 2.99. The summed E-state index contributed by atoms with van der Waals surface area (Å²) in [4.78, 5) is 0. The van der Waals surface area contributed by atoms with Gasteiger partial charge in [0.15, 0.2) is 11.2 Å². The molecule has 130 valence electrons. The van der Waals surface area contributed by atoms with E-state index in [1.807, 2.05) is 50.2 Å². The Labute approximate surface area is 145 Å². The summed E-state index contributed by atoms with van der Waals surface area (Å²) in [6.45, 7) is 3.95. The van der Waals surface area contributed by atoms with Crippen LogP contribution in [0.3, 0.4) is 0 Å². The largest absolute Gasteiger partial charge is 0.461 e. The third-order valence-corrected chi connectivity index (χ3v) is 5.65. The van der Waals surface area contributed by atoms with Crippen LogP contribution in [0.15, 0.2) is 36.4 Å². The van der Waals surface area contributed by atoms with Crippen molar-refractivity contribution in [3.8, 4) is 11.5 Å². The van der Waals surface area contributed by atoms with Gasteiger partial charge in [-0.15, -0.1) is 0 Å². The molecular formula is C20H20O5. The Bertz CT molecular complexity index is 878. The first kappa shape index (κ1) is 15.2. The van der Waals surface area contributed by atoms with Crippen molar-refractivity contribution in [3.05, 3.63) is 58.7 Å². The standard InChI is InChI=1S/C20H20O5/c1-11-3-5-13-15(9-11)24-18-19(13,22)7-8-20(25-18)14-6-4-12(2)10-16(14)23-17(20)21/h3-6,9-10,17-18,21-22H,7-8H2,1-2H3/t17-,18-,19+,20-/m0/s1. The fourth-order valence-corrected chi connectivity index (χ4v) is 4.23. The highest BCUT2D eigenvalue weighted by molar-refractivity contribution is 5.48. The number of hydrogen-bond acceptors (Lipinski definition) is 5. The smallest absolute Gasteiger partial charge is 0.234 e. The van der Waals surface area contributed by atoms with E-state index in [0.29, 0.717) is 24.3 Å². The quantitative estimate of drug-likeness (QED) is 0.772. The van der Waals surface area contributed by atoms with E-state index in [-0.39, 0.29) is 0 Å². The number of aliphatic hydroxyl groups is 2. The molecule has 0 amide bonds. The van der Waals surface area contributed by atoms with E-state index in [4.69, 9.17) is 14.2 Å². The summed E-state index contributed by atoms with van der Waals surface area (Å²) >= 11 is 0. The predicted molar refractivity (Wildman–Crippen MR) is 89.3 cm³/mol. The first-order chi connectivity index (χ1) is 11.9. The molecule has 5 rings (SSSR count). The maximum atomic E-state index is 11.2. The molecule has 0 aliphatic carbocycles. The number of rotatable bonds is 0. The minimum absolute atomic E-state index is 0.418. The Balaban J connectivity index is 1.56. The van der Waals surface area contributed by atoms with E-state index < -0.39 is 23.8 Å². The van der Waals surface area contributed by atoms with E-state index in [1.165, 1.54) is 0 Å². The van der Waals surface area contributed by atoms with E-state index in [2.05, 4.69) is 0 Å². The zero-order chi connectivity index (χ0) is 17.4. The molecule has 0 saturated carbocycles. The van der Waals surface area contributed by atoms with Gasteiger partial charge in [0, 0.05) is 11.1 Å². The maximum absolute atomic E-state index is 11.2. The number of fused-ring (bicyclic) bond motifs is 5. The first-order valence-corrected chi connectivity index (χ1v) is 8.56. The molecule has 2 N–H and O–H groups in total. The van der Waals surface area contributed by atoms with Gasteiger partial charge in [0.1, 0.15) is 11.5 Å². The van der Waals surface area contributed by atoms with Gasteiger partial charge in [-0.25, -0.2) is 0 Å². The van der Waals surface area contributed by atoms with Crippen LogP contribution in [0.2, 0.25) is 0 Å². The summed E-state index contributed by atoms with van der Waals surface area (Å²) in [5, 5.41) is 21.8. The summed E-state index contributed by atoms with van der Waals surface area (Å²) in [5.74, 6) is 1.27. The topological polar surface area (TPSA) is 68.2 Å². The van der Waals surface area contributed by atoms with Gasteiger partial charge >= 0.3 is 0 Å². The van der Waals surface area contributed by atoms with Gasteiger partial charge in [-0.05, 0) is 49.9 Å². The third kappa shape index (κ3) is 1.89. The molecule has 0 aromatic heterocycles. The molecule has 1 saturated heterocycles. The molecule has 1 spiro atoms. The number of aliphatic hydroxyl groups excluding tert-OH is 1. The van der Waals surface area contributed by atoms with Crippen LogP contribution < -0.4 is 9.47 Å². The van der Waals surface area contributed by atoms with Crippen LogP contribution in [-0.2, 0) is 15.9 Å². The van der Waals surface area contributed by atoms with Crippen molar-refractivity contribution in [2.24, 2.45) is 0 Å². The summed E-state index contributed by atoms with van der Waals surface area (Å²) < 4.78 is 17.8. The van der Waals surface area contributed by atoms with Crippen molar-refractivity contribution in [3.63, 3.8) is 0 Å². The summed E-state index contributed by atoms with van der Waals surface area (Å²) in [6, 6.07) is 11.5. The molecule has 3 aliphatic rings. The van der Waals surface area contributed by atoms with Gasteiger partial charge in [0.05, 0.1) is 0 Å². The van der Waals surface area contributed by atoms with Crippen molar-refractivity contribution < 1.29 is 24.4 Å². The van der Waals surface area contributed by atoms with Crippen LogP contribution in [0.4, 0.5) is 0 Å². The van der Waals surface area contributed by atoms with Crippen molar-refractivity contribution in [2.75, 3.05) is 0 Å². The van der Waals surface area contributed by atoms with Crippen LogP contribution in [0.25, 0.3) is 0 Å². The minimum Gasteiger partial charge on any atom is -0.461 e. The summed E-state index contributed by atoms with van der Waals surface area (Å²) in [6.07, 6.45) is -1.14. The van der Waals surface area contributed by atoms with Gasteiger partial charge in [-0.2, -0.15) is 0 Å². The van der Waals surface area contributed by atoms with Crippen molar-refractivity contribution in [1.82, 2.24) is 0 Å². The molecule has 3 aliphatic heterocycles. The fraction of sp³-hybridized carbons (Fsp3) is 0.400. The summed E-state index contributed by atoms with van der Waals surface area (Å²) in [5.41, 5.74) is 1.44. The molecule has 0 bridgehead atoms. The van der Waals surface area contributed by atoms with Crippen LogP contribution in [0.5, 0.6) is 11.5 Å². The van der Waals surface area contributed by atoms with E-state index in [0.717, 1.165) is 22.3 Å². The molecular weight excluding hydrogens is 320 g/mol. The van der Waals surface area contributed by atoms with Gasteiger partial charge < -0.3 is 24.4 Å². The zero-order valence-corrected chi connectivity index (χ0v) is 14.2. The van der Waals surface area contributed by atoms with E-state index in [1.54, 1.807) is 0 Å². The number of ether oxygens (including phenoxy) is 3. The second-order valence-electron chi connectivity index (χ2n) is 7.35. The SMILES string of the molecule is Cc1ccc2c(c1)O[C@H]1O[C@@]3(CC[C@@]21O)c1ccc(C)cc1O[C@@H]3O. The molecule has 2 aromatic carbocycles. The number of hydrogen-bond donors (Lipinski definition) is 2. The molecule has 25 heavy (non-hydrogen) atoms. The lowest BCUT2D eigenvalue weighted by Gasteiger charge is -2.43. The molecule has 5 heteroatoms. The second-order valence-corrected chi connectivity index (χ2v) is 7.35. The van der Waals surface area contributed by atoms with Crippen LogP contribution in [0.1, 0.15) is 35.1 Å². The summed E-state index contributed by atoms with van der Waals surface area (Å²) in [7, 11) is 0. The molecule has 5 nitrogen and oxygen atoms in total. The zero-order valence-electron chi connectivity index (χ0n) is 14.2. The van der Waals surface area contributed by atoms with Crippen molar-refractivity contribution in [2.45, 2.75) is 50.5 Å². The Morgan fingerprint density at radius 3 is 2.28 bits per heavy atom. The molecule has 3 heterocycles. The lowest BCUT2D eigenvalue weighted by molar-refractivity contribution is -0.315. The monoisotopic (exact) mass is 340 g/mol. The molecule has 0 unspecified atom stereocenters. The lowest BCUT2D eigenvalue weighted by atomic mass is 9.78. The van der Waals surface area contributed by atoms with Gasteiger partial charge in [-0.3, -0.25) is 0 Å². The highest BCUT2D eigenvalue weighted by Crippen LogP contribution is 2.57. The van der Waals surface area contributed by atoms with Crippen molar-refractivity contribution in [1.29, 1.82) is 0 Å². The van der Waals surface area contributed by atoms with Gasteiger partial charge in [0.2, 0.25) is 12.6 Å². The Morgan fingerprint density at radius 1 is 0.920 bits per heavy atom. The predicted octanol–water partition coefficient (Wildman–Crippen LogP) is 2.63. The van der Waals surface area contributed by atoms with E-state index in [9.17, 15) is 10.2 Å². The van der Waals surface area contributed by atoms with Gasteiger partial charge in [-0.1, -0.05) is 24.3 Å². The molecule has 1 fully saturated rings. The first-order valence-electron chi connectivity index (χ1n) is 8.56. The van der Waals surface area contributed by atoms with Crippen LogP contribution in [-0.4, -0.2) is 22.8 Å². The number of aryl methyl sites for hydroxylation is 2. The van der Waals surface area contributed by atoms with Crippen molar-refractivity contribution >= 4 is 0 Å². The molecule has 4 atom stereocenters. The average molecular weight is 340 g/mol. The van der Waals surface area contributed by atoms with Crippen LogP contribution >= 0.6 is 0 Å². The molecule has 2 aromatic rings. The van der Waals surface area contributed by atoms with E-state index >= 15 is 0 Å². The highest BCUT2D eigenvalue weighted by atomic mass is 16.7. The lowest BCUT2D eigenvalue weighted by Crippen LogP contribution is -2.55. The van der Waals surface area contributed by atoms with Gasteiger partial charge in [0.25, 0.3) is 0 Å². The maximum Gasteiger partial charge on any atom is 0.234 e. The van der Waals surface area contributed by atoms with Crippen LogP contribution in [0, 0.1) is 13.8 Å². The minimum atomic E-state index is -1.21. The Morgan fingerprint density at radius 2 is 1.56 bits per heavy atom. The fourth-order valence-electron chi connectivity index (χ4n) is 4.23.